The molecule has 6 heteroatoms. The van der Waals surface area contributed by atoms with E-state index in [1.165, 1.54) is 17.3 Å². The molecule has 0 aliphatic carbocycles. The summed E-state index contributed by atoms with van der Waals surface area (Å²) in [5.74, 6) is 0.651. The zero-order chi connectivity index (χ0) is 20.4. The van der Waals surface area contributed by atoms with Crippen molar-refractivity contribution in [1.82, 2.24) is 9.88 Å². The van der Waals surface area contributed by atoms with Crippen molar-refractivity contribution in [2.24, 2.45) is 4.99 Å². The number of hydrogen-bond acceptors (Lipinski definition) is 4. The molecule has 0 bridgehead atoms. The van der Waals surface area contributed by atoms with Crippen LogP contribution >= 0.6 is 11.8 Å². The van der Waals surface area contributed by atoms with Crippen LogP contribution in [0.2, 0.25) is 0 Å². The highest BCUT2D eigenvalue weighted by Crippen LogP contribution is 2.32. The molecule has 4 rings (SSSR count). The number of nitrogens with one attached hydrogen (secondary N) is 1. The summed E-state index contributed by atoms with van der Waals surface area (Å²) in [4.78, 5) is 17.7. The number of aromatic nitrogens is 1. The first kappa shape index (κ1) is 19.3. The Labute approximate surface area is 174 Å². The van der Waals surface area contributed by atoms with Crippen LogP contribution in [-0.4, -0.2) is 22.8 Å². The number of amidine groups is 1. The lowest BCUT2D eigenvalue weighted by Gasteiger charge is -2.12. The molecule has 2 heterocycles. The Hall–Kier alpha value is -2.99. The molecule has 1 aliphatic heterocycles. The van der Waals surface area contributed by atoms with E-state index in [2.05, 4.69) is 53.1 Å². The van der Waals surface area contributed by atoms with E-state index in [9.17, 15) is 4.79 Å². The second-order valence-electron chi connectivity index (χ2n) is 6.95. The second-order valence-corrected chi connectivity index (χ2v) is 7.98. The summed E-state index contributed by atoms with van der Waals surface area (Å²) in [6.07, 6.45) is 5.14. The van der Waals surface area contributed by atoms with Gasteiger partial charge < -0.3 is 14.6 Å². The summed E-state index contributed by atoms with van der Waals surface area (Å²) >= 11 is 1.36. The third kappa shape index (κ3) is 3.93. The van der Waals surface area contributed by atoms with Gasteiger partial charge in [-0.05, 0) is 61.5 Å². The predicted octanol–water partition coefficient (Wildman–Crippen LogP) is 5.51. The molecule has 1 fully saturated rings. The quantitative estimate of drug-likeness (QED) is 0.569. The first-order valence-electron chi connectivity index (χ1n) is 9.62. The van der Waals surface area contributed by atoms with Crippen molar-refractivity contribution in [3.8, 4) is 5.75 Å². The van der Waals surface area contributed by atoms with Gasteiger partial charge in [-0.3, -0.25) is 4.79 Å². The Morgan fingerprint density at radius 1 is 1.21 bits per heavy atom. The minimum Gasteiger partial charge on any atom is -0.497 e. The van der Waals surface area contributed by atoms with Crippen LogP contribution in [0.15, 0.2) is 64.6 Å². The molecule has 29 heavy (non-hydrogen) atoms. The number of rotatable bonds is 5. The molecular formula is C23H23N3O2S. The lowest BCUT2D eigenvalue weighted by Crippen LogP contribution is -2.19. The molecule has 1 aliphatic rings. The molecule has 1 saturated heterocycles. The highest BCUT2D eigenvalue weighted by atomic mass is 32.2. The number of nitrogens with zero attached hydrogens (tertiary/aromatic N) is 2. The molecule has 1 aromatic heterocycles. The molecule has 148 valence electrons. The maximum atomic E-state index is 12.5. The molecule has 0 radical (unpaired) electrons. The number of benzene rings is 2. The minimum atomic E-state index is -0.123. The van der Waals surface area contributed by atoms with Gasteiger partial charge in [0.05, 0.1) is 17.7 Å². The van der Waals surface area contributed by atoms with Crippen molar-refractivity contribution in [2.45, 2.75) is 26.3 Å². The number of carbonyl (C=O) groups is 1. The maximum Gasteiger partial charge on any atom is 0.264 e. The van der Waals surface area contributed by atoms with Crippen LogP contribution in [0.25, 0.3) is 17.0 Å². The predicted molar refractivity (Wildman–Crippen MR) is 121 cm³/mol. The summed E-state index contributed by atoms with van der Waals surface area (Å²) in [6, 6.07) is 16.1. The summed E-state index contributed by atoms with van der Waals surface area (Å²) in [6.45, 7) is 4.39. The summed E-state index contributed by atoms with van der Waals surface area (Å²) in [5, 5.41) is 4.59. The van der Waals surface area contributed by atoms with Crippen LogP contribution in [0.4, 0.5) is 5.69 Å². The van der Waals surface area contributed by atoms with Crippen LogP contribution in [-0.2, 0) is 4.79 Å². The van der Waals surface area contributed by atoms with Gasteiger partial charge in [0.1, 0.15) is 5.75 Å². The van der Waals surface area contributed by atoms with E-state index in [1.54, 1.807) is 7.11 Å². The van der Waals surface area contributed by atoms with E-state index in [1.807, 2.05) is 36.4 Å². The number of aliphatic imine (C=N–C) groups is 1. The molecule has 1 atom stereocenters. The van der Waals surface area contributed by atoms with Crippen molar-refractivity contribution in [1.29, 1.82) is 0 Å². The molecule has 0 spiro atoms. The number of amides is 1. The average molecular weight is 406 g/mol. The number of carbonyl (C=O) groups excluding carboxylic acids is 1. The first-order chi connectivity index (χ1) is 14.1. The zero-order valence-electron chi connectivity index (χ0n) is 16.7. The topological polar surface area (TPSA) is 55.6 Å². The van der Waals surface area contributed by atoms with E-state index in [-0.39, 0.29) is 5.91 Å². The standard InChI is InChI=1S/C23H23N3O2S/c1-4-15(2)26-14-16(19-7-5-6-8-20(19)26)13-21-22(27)25-23(29-21)24-17-9-11-18(28-3)12-10-17/h5-15H,4H2,1-3H3,(H,24,25,27)/b21-13+/t15-/m0/s1. The van der Waals surface area contributed by atoms with Crippen molar-refractivity contribution in [3.05, 3.63) is 65.2 Å². The summed E-state index contributed by atoms with van der Waals surface area (Å²) in [5.41, 5.74) is 3.00. The minimum absolute atomic E-state index is 0.123. The maximum absolute atomic E-state index is 12.5. The summed E-state index contributed by atoms with van der Waals surface area (Å²) < 4.78 is 7.45. The zero-order valence-corrected chi connectivity index (χ0v) is 17.5. The number of hydrogen-bond donors (Lipinski definition) is 1. The highest BCUT2D eigenvalue weighted by Gasteiger charge is 2.24. The lowest BCUT2D eigenvalue weighted by molar-refractivity contribution is -0.115. The van der Waals surface area contributed by atoms with Crippen LogP contribution in [0.3, 0.4) is 0 Å². The Morgan fingerprint density at radius 3 is 2.69 bits per heavy atom. The Kier molecular flexibility index (Phi) is 5.45. The van der Waals surface area contributed by atoms with Gasteiger partial charge in [0.25, 0.3) is 5.91 Å². The van der Waals surface area contributed by atoms with E-state index in [0.29, 0.717) is 16.1 Å². The van der Waals surface area contributed by atoms with Gasteiger partial charge >= 0.3 is 0 Å². The smallest absolute Gasteiger partial charge is 0.264 e. The highest BCUT2D eigenvalue weighted by molar-refractivity contribution is 8.18. The fraction of sp³-hybridized carbons (Fsp3) is 0.217. The molecular weight excluding hydrogens is 382 g/mol. The SMILES string of the molecule is CC[C@H](C)n1cc(/C=C2/SC(=Nc3ccc(OC)cc3)NC2=O)c2ccccc21. The number of para-hydroxylation sites is 1. The number of methoxy groups -OCH3 is 1. The van der Waals surface area contributed by atoms with Gasteiger partial charge in [-0.25, -0.2) is 4.99 Å². The van der Waals surface area contributed by atoms with Gasteiger partial charge in [-0.1, -0.05) is 25.1 Å². The van der Waals surface area contributed by atoms with E-state index in [0.717, 1.165) is 28.8 Å². The van der Waals surface area contributed by atoms with Crippen LogP contribution in [0, 0.1) is 0 Å². The van der Waals surface area contributed by atoms with E-state index < -0.39 is 0 Å². The van der Waals surface area contributed by atoms with Crippen LogP contribution in [0.5, 0.6) is 5.75 Å². The molecule has 3 aromatic rings. The van der Waals surface area contributed by atoms with Gasteiger partial charge in [0.2, 0.25) is 0 Å². The third-order valence-electron chi connectivity index (χ3n) is 5.08. The molecule has 5 nitrogen and oxygen atoms in total. The third-order valence-corrected chi connectivity index (χ3v) is 5.99. The fourth-order valence-corrected chi connectivity index (χ4v) is 4.14. The Morgan fingerprint density at radius 2 is 1.97 bits per heavy atom. The second kappa shape index (κ2) is 8.17. The van der Waals surface area contributed by atoms with E-state index >= 15 is 0 Å². The number of ether oxygens (including phenoxy) is 1. The van der Waals surface area contributed by atoms with Gasteiger partial charge in [0, 0.05) is 28.7 Å². The van der Waals surface area contributed by atoms with Crippen molar-refractivity contribution >= 4 is 45.5 Å². The van der Waals surface area contributed by atoms with E-state index in [4.69, 9.17) is 4.74 Å². The number of thioether (sulfide) groups is 1. The number of fused-ring (bicyclic) bond motifs is 1. The van der Waals surface area contributed by atoms with Gasteiger partial charge in [-0.2, -0.15) is 0 Å². The van der Waals surface area contributed by atoms with Crippen LogP contribution < -0.4 is 10.1 Å². The lowest BCUT2D eigenvalue weighted by atomic mass is 10.1. The molecule has 0 unspecified atom stereocenters. The summed E-state index contributed by atoms with van der Waals surface area (Å²) in [7, 11) is 1.63. The first-order valence-corrected chi connectivity index (χ1v) is 10.4. The van der Waals surface area contributed by atoms with Crippen molar-refractivity contribution in [3.63, 3.8) is 0 Å². The molecule has 1 N–H and O–H groups in total. The monoisotopic (exact) mass is 405 g/mol. The Bertz CT molecular complexity index is 1110. The van der Waals surface area contributed by atoms with Gasteiger partial charge in [0.15, 0.2) is 5.17 Å². The molecule has 0 saturated carbocycles. The average Bonchev–Trinajstić information content (AvgIpc) is 3.28. The normalized spacial score (nSPS) is 17.8. The van der Waals surface area contributed by atoms with Crippen LogP contribution in [0.1, 0.15) is 31.9 Å². The fourth-order valence-electron chi connectivity index (χ4n) is 3.30. The largest absolute Gasteiger partial charge is 0.497 e. The van der Waals surface area contributed by atoms with Gasteiger partial charge in [-0.15, -0.1) is 0 Å². The van der Waals surface area contributed by atoms with Crippen molar-refractivity contribution in [2.75, 3.05) is 7.11 Å². The molecule has 1 amide bonds. The molecule has 2 aromatic carbocycles. The van der Waals surface area contributed by atoms with Crippen molar-refractivity contribution < 1.29 is 9.53 Å². The Balaban J connectivity index is 1.65.